The summed E-state index contributed by atoms with van der Waals surface area (Å²) in [6.07, 6.45) is 1.90. The van der Waals surface area contributed by atoms with E-state index in [1.165, 1.54) is 12.1 Å². The third-order valence-electron chi connectivity index (χ3n) is 3.82. The minimum atomic E-state index is -3.82. The Morgan fingerprint density at radius 3 is 2.54 bits per heavy atom. The van der Waals surface area contributed by atoms with Crippen LogP contribution >= 0.6 is 11.6 Å². The second-order valence-electron chi connectivity index (χ2n) is 5.64. The Bertz CT molecular complexity index is 1070. The van der Waals surface area contributed by atoms with Crippen molar-refractivity contribution in [2.24, 2.45) is 0 Å². The van der Waals surface area contributed by atoms with Gasteiger partial charge in [-0.25, -0.2) is 8.42 Å². The fraction of sp³-hybridized carbons (Fsp3) is 0.111. The Morgan fingerprint density at radius 1 is 1.12 bits per heavy atom. The predicted octanol–water partition coefficient (Wildman–Crippen LogP) is 3.71. The molecular formula is C18H15ClN2O4S. The molecule has 0 saturated carbocycles. The lowest BCUT2D eigenvalue weighted by atomic mass is 10.1. The van der Waals surface area contributed by atoms with E-state index in [1.807, 2.05) is 0 Å². The number of carboxylic acid groups (broad SMARTS) is 1. The van der Waals surface area contributed by atoms with Crippen LogP contribution in [0, 0.1) is 0 Å². The van der Waals surface area contributed by atoms with Crippen molar-refractivity contribution < 1.29 is 18.3 Å². The van der Waals surface area contributed by atoms with Crippen molar-refractivity contribution >= 4 is 44.2 Å². The van der Waals surface area contributed by atoms with Crippen LogP contribution in [0.25, 0.3) is 10.9 Å². The summed E-state index contributed by atoms with van der Waals surface area (Å²) in [5.74, 6) is -0.898. The second-order valence-corrected chi connectivity index (χ2v) is 7.73. The molecule has 0 amide bonds. The number of benzene rings is 2. The zero-order valence-electron chi connectivity index (χ0n) is 13.5. The number of sulfonamides is 1. The Morgan fingerprint density at radius 2 is 1.85 bits per heavy atom. The lowest BCUT2D eigenvalue weighted by Gasteiger charge is -2.11. The van der Waals surface area contributed by atoms with Crippen LogP contribution in [0.5, 0.6) is 0 Å². The number of nitrogens with zero attached hydrogens (tertiary/aromatic N) is 1. The summed E-state index contributed by atoms with van der Waals surface area (Å²) in [6, 6.07) is 12.8. The summed E-state index contributed by atoms with van der Waals surface area (Å²) >= 11 is 6.13. The highest BCUT2D eigenvalue weighted by Crippen LogP contribution is 2.29. The molecule has 0 bridgehead atoms. The number of aryl methyl sites for hydroxylation is 1. The number of aromatic nitrogens is 1. The molecule has 26 heavy (non-hydrogen) atoms. The van der Waals surface area contributed by atoms with E-state index >= 15 is 0 Å². The number of carbonyl (C=O) groups is 1. The van der Waals surface area contributed by atoms with E-state index in [-0.39, 0.29) is 11.3 Å². The standard InChI is InChI=1S/C18H15ClN2O4S/c19-15-8-9-16(18-14(15)2-1-11-20-18)21-26(24,25)13-6-3-12(4-7-13)5-10-17(22)23/h1-4,6-9,11,21H,5,10H2,(H,22,23). The molecule has 0 spiro atoms. The van der Waals surface area contributed by atoms with Crippen molar-refractivity contribution in [2.45, 2.75) is 17.7 Å². The smallest absolute Gasteiger partial charge is 0.303 e. The molecule has 0 saturated heterocycles. The quantitative estimate of drug-likeness (QED) is 0.668. The number of halogens is 1. The van der Waals surface area contributed by atoms with Crippen molar-refractivity contribution in [1.29, 1.82) is 0 Å². The third kappa shape index (κ3) is 3.95. The average molecular weight is 391 g/mol. The maximum Gasteiger partial charge on any atom is 0.303 e. The first-order valence-electron chi connectivity index (χ1n) is 7.73. The zero-order chi connectivity index (χ0) is 18.7. The van der Waals surface area contributed by atoms with Crippen LogP contribution in [0.4, 0.5) is 5.69 Å². The zero-order valence-corrected chi connectivity index (χ0v) is 15.1. The van der Waals surface area contributed by atoms with E-state index in [0.29, 0.717) is 28.0 Å². The summed E-state index contributed by atoms with van der Waals surface area (Å²) in [7, 11) is -3.82. The summed E-state index contributed by atoms with van der Waals surface area (Å²) < 4.78 is 27.8. The molecule has 6 nitrogen and oxygen atoms in total. The number of fused-ring (bicyclic) bond motifs is 1. The summed E-state index contributed by atoms with van der Waals surface area (Å²) in [4.78, 5) is 14.9. The fourth-order valence-electron chi connectivity index (χ4n) is 2.51. The largest absolute Gasteiger partial charge is 0.481 e. The van der Waals surface area contributed by atoms with Gasteiger partial charge in [0.15, 0.2) is 0 Å². The van der Waals surface area contributed by atoms with E-state index in [2.05, 4.69) is 9.71 Å². The number of pyridine rings is 1. The van der Waals surface area contributed by atoms with Gasteiger partial charge in [0.05, 0.1) is 21.1 Å². The molecule has 0 radical (unpaired) electrons. The summed E-state index contributed by atoms with van der Waals surface area (Å²) in [6.45, 7) is 0. The summed E-state index contributed by atoms with van der Waals surface area (Å²) in [5, 5.41) is 9.84. The Labute approximate surface area is 155 Å². The molecular weight excluding hydrogens is 376 g/mol. The van der Waals surface area contributed by atoms with E-state index in [4.69, 9.17) is 16.7 Å². The van der Waals surface area contributed by atoms with Gasteiger partial charge in [-0.3, -0.25) is 14.5 Å². The summed E-state index contributed by atoms with van der Waals surface area (Å²) in [5.41, 5.74) is 1.55. The number of rotatable bonds is 6. The highest BCUT2D eigenvalue weighted by molar-refractivity contribution is 7.92. The highest BCUT2D eigenvalue weighted by atomic mass is 35.5. The lowest BCUT2D eigenvalue weighted by Crippen LogP contribution is -2.13. The molecule has 3 aromatic rings. The van der Waals surface area contributed by atoms with Gasteiger partial charge in [0.1, 0.15) is 0 Å². The van der Waals surface area contributed by atoms with E-state index < -0.39 is 16.0 Å². The minimum absolute atomic E-state index is 0.00716. The van der Waals surface area contributed by atoms with Crippen LogP contribution in [0.15, 0.2) is 59.6 Å². The topological polar surface area (TPSA) is 96.4 Å². The molecule has 2 N–H and O–H groups in total. The Kier molecular flexibility index (Phi) is 5.11. The molecule has 0 aliphatic heterocycles. The molecule has 0 aliphatic rings. The number of aliphatic carboxylic acids is 1. The first-order chi connectivity index (χ1) is 12.4. The van der Waals surface area contributed by atoms with Crippen LogP contribution in [-0.2, 0) is 21.2 Å². The van der Waals surface area contributed by atoms with Gasteiger partial charge in [0, 0.05) is 18.0 Å². The molecule has 0 atom stereocenters. The van der Waals surface area contributed by atoms with Gasteiger partial charge < -0.3 is 5.11 Å². The van der Waals surface area contributed by atoms with Gasteiger partial charge in [-0.2, -0.15) is 0 Å². The first-order valence-corrected chi connectivity index (χ1v) is 9.60. The highest BCUT2D eigenvalue weighted by Gasteiger charge is 2.16. The number of hydrogen-bond acceptors (Lipinski definition) is 4. The van der Waals surface area contributed by atoms with Gasteiger partial charge in [0.25, 0.3) is 10.0 Å². The van der Waals surface area contributed by atoms with Crippen LogP contribution in [0.1, 0.15) is 12.0 Å². The SMILES string of the molecule is O=C(O)CCc1ccc(S(=O)(=O)Nc2ccc(Cl)c3cccnc23)cc1. The van der Waals surface area contributed by atoms with Crippen LogP contribution in [0.2, 0.25) is 5.02 Å². The maximum atomic E-state index is 12.6. The van der Waals surface area contributed by atoms with Crippen molar-refractivity contribution in [1.82, 2.24) is 4.98 Å². The van der Waals surface area contributed by atoms with Crippen molar-refractivity contribution in [3.05, 3.63) is 65.3 Å². The van der Waals surface area contributed by atoms with Crippen LogP contribution in [0.3, 0.4) is 0 Å². The third-order valence-corrected chi connectivity index (χ3v) is 5.53. The minimum Gasteiger partial charge on any atom is -0.481 e. The van der Waals surface area contributed by atoms with E-state index in [0.717, 1.165) is 5.56 Å². The molecule has 8 heteroatoms. The Hall–Kier alpha value is -2.64. The molecule has 0 fully saturated rings. The number of anilines is 1. The fourth-order valence-corrected chi connectivity index (χ4v) is 3.79. The van der Waals surface area contributed by atoms with Gasteiger partial charge >= 0.3 is 5.97 Å². The number of hydrogen-bond donors (Lipinski definition) is 2. The van der Waals surface area contributed by atoms with Crippen LogP contribution in [-0.4, -0.2) is 24.5 Å². The Balaban J connectivity index is 1.88. The molecule has 1 aromatic heterocycles. The number of carboxylic acids is 1. The molecule has 0 aliphatic carbocycles. The molecule has 2 aromatic carbocycles. The van der Waals surface area contributed by atoms with Gasteiger partial charge in [0.2, 0.25) is 0 Å². The molecule has 3 rings (SSSR count). The molecule has 0 unspecified atom stereocenters. The van der Waals surface area contributed by atoms with E-state index in [1.54, 1.807) is 42.6 Å². The average Bonchev–Trinajstić information content (AvgIpc) is 2.63. The van der Waals surface area contributed by atoms with Crippen molar-refractivity contribution in [2.75, 3.05) is 4.72 Å². The lowest BCUT2D eigenvalue weighted by molar-refractivity contribution is -0.136. The first kappa shape index (κ1) is 18.2. The van der Waals surface area contributed by atoms with Gasteiger partial charge in [-0.1, -0.05) is 23.7 Å². The monoisotopic (exact) mass is 390 g/mol. The van der Waals surface area contributed by atoms with Crippen molar-refractivity contribution in [3.63, 3.8) is 0 Å². The maximum absolute atomic E-state index is 12.6. The van der Waals surface area contributed by atoms with E-state index in [9.17, 15) is 13.2 Å². The van der Waals surface area contributed by atoms with Gasteiger partial charge in [-0.05, 0) is 48.4 Å². The normalized spacial score (nSPS) is 11.4. The van der Waals surface area contributed by atoms with Gasteiger partial charge in [-0.15, -0.1) is 0 Å². The van der Waals surface area contributed by atoms with Crippen molar-refractivity contribution in [3.8, 4) is 0 Å². The molecule has 134 valence electrons. The molecule has 1 heterocycles. The number of nitrogens with one attached hydrogen (secondary N) is 1. The van der Waals surface area contributed by atoms with Crippen LogP contribution < -0.4 is 4.72 Å². The second kappa shape index (κ2) is 7.31. The predicted molar refractivity (Wildman–Crippen MR) is 100.0 cm³/mol.